The number of benzene rings is 2. The summed E-state index contributed by atoms with van der Waals surface area (Å²) in [6, 6.07) is 8.60. The van der Waals surface area contributed by atoms with Gasteiger partial charge < -0.3 is 14.8 Å². The molecule has 1 aromatic heterocycles. The number of carbonyl (C=O) groups is 1. The Balaban J connectivity index is 1.98. The first kappa shape index (κ1) is 15.2. The van der Waals surface area contributed by atoms with Gasteiger partial charge in [0.05, 0.1) is 42.2 Å². The molecule has 23 heavy (non-hydrogen) atoms. The second kappa shape index (κ2) is 6.18. The second-order valence-electron chi connectivity index (χ2n) is 4.78. The number of nitrogens with one attached hydrogen (secondary N) is 2. The minimum absolute atomic E-state index is 0.289. The molecule has 0 bridgehead atoms. The number of amides is 1. The fourth-order valence-corrected chi connectivity index (χ4v) is 2.54. The first-order valence-corrected chi connectivity index (χ1v) is 7.17. The smallest absolute Gasteiger partial charge is 0.257 e. The van der Waals surface area contributed by atoms with Gasteiger partial charge in [0.25, 0.3) is 5.91 Å². The number of fused-ring (bicyclic) bond motifs is 1. The van der Waals surface area contributed by atoms with Gasteiger partial charge in [-0.2, -0.15) is 5.10 Å². The van der Waals surface area contributed by atoms with Crippen LogP contribution in [0.15, 0.2) is 36.5 Å². The largest absolute Gasteiger partial charge is 0.495 e. The Morgan fingerprint density at radius 3 is 2.74 bits per heavy atom. The van der Waals surface area contributed by atoms with Crippen LogP contribution in [0.1, 0.15) is 10.4 Å². The molecule has 2 aromatic carbocycles. The summed E-state index contributed by atoms with van der Waals surface area (Å²) >= 11 is 6.07. The molecule has 0 atom stereocenters. The molecule has 3 aromatic rings. The average Bonchev–Trinajstić information content (AvgIpc) is 3.04. The van der Waals surface area contributed by atoms with Crippen LogP contribution in [0.2, 0.25) is 5.02 Å². The lowest BCUT2D eigenvalue weighted by Crippen LogP contribution is -2.13. The molecule has 0 saturated carbocycles. The van der Waals surface area contributed by atoms with Crippen molar-refractivity contribution in [2.75, 3.05) is 19.5 Å². The second-order valence-corrected chi connectivity index (χ2v) is 5.19. The molecule has 0 aliphatic heterocycles. The summed E-state index contributed by atoms with van der Waals surface area (Å²) in [6.07, 6.45) is 1.66. The van der Waals surface area contributed by atoms with E-state index in [9.17, 15) is 4.79 Å². The van der Waals surface area contributed by atoms with Crippen LogP contribution in [0.5, 0.6) is 11.5 Å². The monoisotopic (exact) mass is 331 g/mol. The van der Waals surface area contributed by atoms with Gasteiger partial charge in [0, 0.05) is 17.5 Å². The maximum Gasteiger partial charge on any atom is 0.257 e. The highest BCUT2D eigenvalue weighted by Gasteiger charge is 2.16. The highest BCUT2D eigenvalue weighted by molar-refractivity contribution is 6.32. The number of hydrogen-bond donors (Lipinski definition) is 2. The highest BCUT2D eigenvalue weighted by atomic mass is 35.5. The standard InChI is InChI=1S/C16H14ClN3O3/c1-22-13-7-12(14(23-2)6-11(13)17)19-16(21)10-5-3-4-9-8-18-20-15(9)10/h3-8H,1-2H3,(H,18,20)(H,19,21). The molecule has 1 heterocycles. The Bertz CT molecular complexity index is 876. The first-order valence-electron chi connectivity index (χ1n) is 6.79. The molecule has 1 amide bonds. The van der Waals surface area contributed by atoms with Crippen LogP contribution in [-0.2, 0) is 0 Å². The number of halogens is 1. The molecule has 0 aliphatic carbocycles. The maximum absolute atomic E-state index is 12.6. The van der Waals surface area contributed by atoms with Crippen molar-refractivity contribution < 1.29 is 14.3 Å². The summed E-state index contributed by atoms with van der Waals surface area (Å²) in [6.45, 7) is 0. The molecule has 2 N–H and O–H groups in total. The quantitative estimate of drug-likeness (QED) is 0.767. The summed E-state index contributed by atoms with van der Waals surface area (Å²) in [4.78, 5) is 12.6. The number of rotatable bonds is 4. The molecular weight excluding hydrogens is 318 g/mol. The van der Waals surface area contributed by atoms with E-state index in [4.69, 9.17) is 21.1 Å². The Kier molecular flexibility index (Phi) is 4.08. The zero-order valence-corrected chi connectivity index (χ0v) is 13.3. The summed E-state index contributed by atoms with van der Waals surface area (Å²) in [5.74, 6) is 0.603. The van der Waals surface area contributed by atoms with Gasteiger partial charge in [-0.15, -0.1) is 0 Å². The molecule has 0 unspecified atom stereocenters. The van der Waals surface area contributed by atoms with Crippen molar-refractivity contribution in [1.29, 1.82) is 0 Å². The number of aromatic nitrogens is 2. The van der Waals surface area contributed by atoms with E-state index in [0.717, 1.165) is 5.39 Å². The number of nitrogens with zero attached hydrogens (tertiary/aromatic N) is 1. The number of aromatic amines is 1. The van der Waals surface area contributed by atoms with Gasteiger partial charge in [0.2, 0.25) is 0 Å². The Morgan fingerprint density at radius 1 is 1.22 bits per heavy atom. The van der Waals surface area contributed by atoms with Crippen molar-refractivity contribution in [2.24, 2.45) is 0 Å². The number of H-pyrrole nitrogens is 1. The van der Waals surface area contributed by atoms with Gasteiger partial charge in [-0.1, -0.05) is 23.7 Å². The van der Waals surface area contributed by atoms with Gasteiger partial charge in [-0.3, -0.25) is 9.89 Å². The molecule has 0 spiro atoms. The molecular formula is C16H14ClN3O3. The molecule has 7 heteroatoms. The molecule has 0 fully saturated rings. The van der Waals surface area contributed by atoms with Crippen LogP contribution in [0, 0.1) is 0 Å². The van der Waals surface area contributed by atoms with E-state index >= 15 is 0 Å². The zero-order valence-electron chi connectivity index (χ0n) is 12.5. The SMILES string of the molecule is COc1cc(NC(=O)c2cccc3cn[nH]c23)c(OC)cc1Cl. The molecule has 118 valence electrons. The third-order valence-electron chi connectivity index (χ3n) is 3.44. The molecule has 3 rings (SSSR count). The topological polar surface area (TPSA) is 76.2 Å². The van der Waals surface area contributed by atoms with Crippen LogP contribution in [0.25, 0.3) is 10.9 Å². The average molecular weight is 332 g/mol. The molecule has 0 aliphatic rings. The van der Waals surface area contributed by atoms with Crippen molar-refractivity contribution >= 4 is 34.1 Å². The lowest BCUT2D eigenvalue weighted by atomic mass is 10.1. The van der Waals surface area contributed by atoms with Gasteiger partial charge in [-0.05, 0) is 6.07 Å². The van der Waals surface area contributed by atoms with Crippen molar-refractivity contribution in [3.8, 4) is 11.5 Å². The number of ether oxygens (including phenoxy) is 2. The lowest BCUT2D eigenvalue weighted by Gasteiger charge is -2.13. The van der Waals surface area contributed by atoms with E-state index in [1.807, 2.05) is 6.07 Å². The van der Waals surface area contributed by atoms with E-state index in [2.05, 4.69) is 15.5 Å². The Hall–Kier alpha value is -2.73. The van der Waals surface area contributed by atoms with Gasteiger partial charge >= 0.3 is 0 Å². The van der Waals surface area contributed by atoms with Crippen LogP contribution in [0.4, 0.5) is 5.69 Å². The third-order valence-corrected chi connectivity index (χ3v) is 3.74. The Morgan fingerprint density at radius 2 is 2.00 bits per heavy atom. The van der Waals surface area contributed by atoms with Crippen molar-refractivity contribution in [3.63, 3.8) is 0 Å². The van der Waals surface area contributed by atoms with Crippen molar-refractivity contribution in [2.45, 2.75) is 0 Å². The number of anilines is 1. The van der Waals surface area contributed by atoms with E-state index in [1.54, 1.807) is 30.5 Å². The zero-order chi connectivity index (χ0) is 16.4. The van der Waals surface area contributed by atoms with Gasteiger partial charge in [0.15, 0.2) is 0 Å². The van der Waals surface area contributed by atoms with Crippen LogP contribution >= 0.6 is 11.6 Å². The third kappa shape index (κ3) is 2.80. The fraction of sp³-hybridized carbons (Fsp3) is 0.125. The number of carbonyl (C=O) groups excluding carboxylic acids is 1. The minimum Gasteiger partial charge on any atom is -0.495 e. The molecule has 0 radical (unpaired) electrons. The summed E-state index contributed by atoms with van der Waals surface area (Å²) in [5, 5.41) is 10.9. The predicted molar refractivity (Wildman–Crippen MR) is 88.6 cm³/mol. The summed E-state index contributed by atoms with van der Waals surface area (Å²) in [5.41, 5.74) is 1.62. The van der Waals surface area contributed by atoms with E-state index < -0.39 is 0 Å². The summed E-state index contributed by atoms with van der Waals surface area (Å²) < 4.78 is 10.4. The van der Waals surface area contributed by atoms with Gasteiger partial charge in [-0.25, -0.2) is 0 Å². The minimum atomic E-state index is -0.289. The fourth-order valence-electron chi connectivity index (χ4n) is 2.31. The summed E-state index contributed by atoms with van der Waals surface area (Å²) in [7, 11) is 3.01. The van der Waals surface area contributed by atoms with Crippen LogP contribution < -0.4 is 14.8 Å². The van der Waals surface area contributed by atoms with E-state index in [0.29, 0.717) is 33.3 Å². The normalized spacial score (nSPS) is 10.6. The molecule has 0 saturated heterocycles. The van der Waals surface area contributed by atoms with Crippen molar-refractivity contribution in [1.82, 2.24) is 10.2 Å². The lowest BCUT2D eigenvalue weighted by molar-refractivity contribution is 0.102. The van der Waals surface area contributed by atoms with Gasteiger partial charge in [0.1, 0.15) is 11.5 Å². The highest BCUT2D eigenvalue weighted by Crippen LogP contribution is 2.36. The number of para-hydroxylation sites is 1. The maximum atomic E-state index is 12.6. The first-order chi connectivity index (χ1) is 11.1. The van der Waals surface area contributed by atoms with Crippen LogP contribution in [-0.4, -0.2) is 30.3 Å². The Labute approximate surface area is 137 Å². The van der Waals surface area contributed by atoms with E-state index in [1.165, 1.54) is 14.2 Å². The predicted octanol–water partition coefficient (Wildman–Crippen LogP) is 3.49. The van der Waals surface area contributed by atoms with Crippen molar-refractivity contribution in [3.05, 3.63) is 47.1 Å². The van der Waals surface area contributed by atoms with E-state index in [-0.39, 0.29) is 5.91 Å². The number of methoxy groups -OCH3 is 2. The number of hydrogen-bond acceptors (Lipinski definition) is 4. The van der Waals surface area contributed by atoms with Crippen LogP contribution in [0.3, 0.4) is 0 Å². The molecule has 6 nitrogen and oxygen atoms in total.